The Balaban J connectivity index is 3.13. The van der Waals surface area contributed by atoms with Gasteiger partial charge in [0.1, 0.15) is 4.99 Å². The number of amides is 2. The van der Waals surface area contributed by atoms with Gasteiger partial charge in [-0.05, 0) is 12.1 Å². The van der Waals surface area contributed by atoms with Gasteiger partial charge in [0.15, 0.2) is 0 Å². The molecule has 0 aliphatic rings. The predicted molar refractivity (Wildman–Crippen MR) is 65.2 cm³/mol. The molecule has 0 spiro atoms. The molecule has 0 radical (unpaired) electrons. The Labute approximate surface area is 94.1 Å². The van der Waals surface area contributed by atoms with Crippen molar-refractivity contribution in [3.63, 3.8) is 0 Å². The minimum atomic E-state index is -0.210. The van der Waals surface area contributed by atoms with E-state index >= 15 is 0 Å². The summed E-state index contributed by atoms with van der Waals surface area (Å²) in [7, 11) is 3.23. The van der Waals surface area contributed by atoms with Gasteiger partial charge in [0, 0.05) is 19.7 Å². The number of nitrogens with one attached hydrogen (secondary N) is 1. The third kappa shape index (κ3) is 2.44. The Hall–Kier alpha value is -1.62. The highest BCUT2D eigenvalue weighted by atomic mass is 32.1. The lowest BCUT2D eigenvalue weighted by Crippen LogP contribution is -2.36. The van der Waals surface area contributed by atoms with Gasteiger partial charge < -0.3 is 11.1 Å². The van der Waals surface area contributed by atoms with Gasteiger partial charge in [-0.3, -0.25) is 4.90 Å². The van der Waals surface area contributed by atoms with Crippen molar-refractivity contribution in [1.29, 1.82) is 0 Å². The second kappa shape index (κ2) is 4.75. The van der Waals surface area contributed by atoms with Gasteiger partial charge >= 0.3 is 6.03 Å². The van der Waals surface area contributed by atoms with Crippen LogP contribution in [-0.4, -0.2) is 25.1 Å². The zero-order valence-electron chi connectivity index (χ0n) is 8.65. The number of urea groups is 1. The van der Waals surface area contributed by atoms with Crippen molar-refractivity contribution >= 4 is 28.9 Å². The van der Waals surface area contributed by atoms with Crippen molar-refractivity contribution < 1.29 is 4.79 Å². The average molecular weight is 223 g/mol. The molecule has 1 rings (SSSR count). The fourth-order valence-corrected chi connectivity index (χ4v) is 1.42. The van der Waals surface area contributed by atoms with Gasteiger partial charge in [-0.1, -0.05) is 24.4 Å². The fourth-order valence-electron chi connectivity index (χ4n) is 1.25. The number of hydrogen-bond acceptors (Lipinski definition) is 2. The smallest absolute Gasteiger partial charge is 0.321 e. The summed E-state index contributed by atoms with van der Waals surface area (Å²) in [4.78, 5) is 13.2. The maximum atomic E-state index is 11.4. The molecule has 80 valence electrons. The van der Waals surface area contributed by atoms with Gasteiger partial charge in [-0.15, -0.1) is 0 Å². The van der Waals surface area contributed by atoms with Crippen LogP contribution >= 0.6 is 12.2 Å². The number of rotatable bonds is 2. The van der Waals surface area contributed by atoms with E-state index in [0.29, 0.717) is 11.3 Å². The van der Waals surface area contributed by atoms with Crippen molar-refractivity contribution in [2.24, 2.45) is 5.73 Å². The third-order valence-electron chi connectivity index (χ3n) is 2.05. The summed E-state index contributed by atoms with van der Waals surface area (Å²) < 4.78 is 0. The molecule has 4 nitrogen and oxygen atoms in total. The first-order valence-corrected chi connectivity index (χ1v) is 4.83. The zero-order valence-corrected chi connectivity index (χ0v) is 9.47. The molecule has 0 saturated carbocycles. The van der Waals surface area contributed by atoms with Gasteiger partial charge in [0.05, 0.1) is 5.69 Å². The van der Waals surface area contributed by atoms with Crippen LogP contribution < -0.4 is 16.0 Å². The third-order valence-corrected chi connectivity index (χ3v) is 2.27. The Morgan fingerprint density at radius 3 is 2.60 bits per heavy atom. The largest absolute Gasteiger partial charge is 0.389 e. The molecule has 0 heterocycles. The van der Waals surface area contributed by atoms with E-state index < -0.39 is 0 Å². The van der Waals surface area contributed by atoms with Crippen molar-refractivity contribution in [3.05, 3.63) is 29.8 Å². The van der Waals surface area contributed by atoms with E-state index in [-0.39, 0.29) is 11.0 Å². The monoisotopic (exact) mass is 223 g/mol. The highest BCUT2D eigenvalue weighted by Crippen LogP contribution is 2.18. The Kier molecular flexibility index (Phi) is 3.62. The molecule has 0 fully saturated rings. The van der Waals surface area contributed by atoms with Crippen molar-refractivity contribution in [2.45, 2.75) is 0 Å². The molecule has 2 amide bonds. The van der Waals surface area contributed by atoms with E-state index in [1.807, 2.05) is 12.1 Å². The number of anilines is 1. The molecule has 0 aliphatic carbocycles. The zero-order chi connectivity index (χ0) is 11.4. The molecule has 0 aromatic heterocycles. The van der Waals surface area contributed by atoms with Crippen LogP contribution in [0.2, 0.25) is 0 Å². The quantitative estimate of drug-likeness (QED) is 0.738. The minimum Gasteiger partial charge on any atom is -0.389 e. The van der Waals surface area contributed by atoms with E-state index in [1.165, 1.54) is 4.90 Å². The van der Waals surface area contributed by atoms with Crippen molar-refractivity contribution in [2.75, 3.05) is 19.0 Å². The van der Waals surface area contributed by atoms with E-state index in [9.17, 15) is 4.79 Å². The lowest BCUT2D eigenvalue weighted by molar-refractivity contribution is 0.249. The molecular weight excluding hydrogens is 210 g/mol. The highest BCUT2D eigenvalue weighted by Gasteiger charge is 2.13. The molecule has 0 aliphatic heterocycles. The summed E-state index contributed by atoms with van der Waals surface area (Å²) in [5, 5.41) is 2.53. The number of hydrogen-bond donors (Lipinski definition) is 2. The molecule has 15 heavy (non-hydrogen) atoms. The fraction of sp³-hybridized carbons (Fsp3) is 0.200. The summed E-state index contributed by atoms with van der Waals surface area (Å²) in [5.74, 6) is 0. The topological polar surface area (TPSA) is 58.4 Å². The summed E-state index contributed by atoms with van der Waals surface area (Å²) in [6, 6.07) is 7.03. The molecule has 1 aromatic rings. The summed E-state index contributed by atoms with van der Waals surface area (Å²) in [6.45, 7) is 0. The highest BCUT2D eigenvalue weighted by molar-refractivity contribution is 7.80. The van der Waals surface area contributed by atoms with Crippen LogP contribution in [0.5, 0.6) is 0 Å². The summed E-state index contributed by atoms with van der Waals surface area (Å²) in [6.07, 6.45) is 0. The standard InChI is InChI=1S/C10H13N3OS/c1-12-10(14)13(2)8-6-4-3-5-7(8)9(11)15/h3-6H,1-2H3,(H2,11,15)(H,12,14). The number of nitrogens with zero attached hydrogens (tertiary/aromatic N) is 1. The van der Waals surface area contributed by atoms with Crippen LogP contribution in [0.3, 0.4) is 0 Å². The molecule has 0 unspecified atom stereocenters. The minimum absolute atomic E-state index is 0.210. The first kappa shape index (κ1) is 11.5. The van der Waals surface area contributed by atoms with Gasteiger partial charge in [-0.25, -0.2) is 4.79 Å². The van der Waals surface area contributed by atoms with Gasteiger partial charge in [0.2, 0.25) is 0 Å². The molecular formula is C10H13N3OS. The maximum Gasteiger partial charge on any atom is 0.321 e. The second-order valence-electron chi connectivity index (χ2n) is 3.00. The first-order chi connectivity index (χ1) is 7.07. The number of carbonyl (C=O) groups is 1. The maximum absolute atomic E-state index is 11.4. The Morgan fingerprint density at radius 2 is 2.07 bits per heavy atom. The lowest BCUT2D eigenvalue weighted by Gasteiger charge is -2.19. The van der Waals surface area contributed by atoms with Crippen LogP contribution in [0.25, 0.3) is 0 Å². The summed E-state index contributed by atoms with van der Waals surface area (Å²) >= 11 is 4.91. The number of carbonyl (C=O) groups excluding carboxylic acids is 1. The van der Waals surface area contributed by atoms with Crippen LogP contribution in [0.15, 0.2) is 24.3 Å². The van der Waals surface area contributed by atoms with E-state index in [0.717, 1.165) is 0 Å². The van der Waals surface area contributed by atoms with E-state index in [2.05, 4.69) is 5.32 Å². The van der Waals surface area contributed by atoms with E-state index in [4.69, 9.17) is 18.0 Å². The van der Waals surface area contributed by atoms with E-state index in [1.54, 1.807) is 26.2 Å². The molecule has 3 N–H and O–H groups in total. The number of nitrogens with two attached hydrogens (primary N) is 1. The predicted octanol–water partition coefficient (Wildman–Crippen LogP) is 1.10. The molecule has 0 atom stereocenters. The number of benzene rings is 1. The first-order valence-electron chi connectivity index (χ1n) is 4.42. The SMILES string of the molecule is CNC(=O)N(C)c1ccccc1C(N)=S. The Bertz CT molecular complexity index is 392. The second-order valence-corrected chi connectivity index (χ2v) is 3.44. The summed E-state index contributed by atoms with van der Waals surface area (Å²) in [5.41, 5.74) is 6.96. The molecule has 0 bridgehead atoms. The van der Waals surface area contributed by atoms with Crippen molar-refractivity contribution in [1.82, 2.24) is 5.32 Å². The van der Waals surface area contributed by atoms with Crippen molar-refractivity contribution in [3.8, 4) is 0 Å². The van der Waals surface area contributed by atoms with Crippen LogP contribution in [0, 0.1) is 0 Å². The normalized spacial score (nSPS) is 9.47. The lowest BCUT2D eigenvalue weighted by atomic mass is 10.1. The average Bonchev–Trinajstić information content (AvgIpc) is 2.27. The van der Waals surface area contributed by atoms with Gasteiger partial charge in [0.25, 0.3) is 0 Å². The van der Waals surface area contributed by atoms with Gasteiger partial charge in [-0.2, -0.15) is 0 Å². The number of para-hydroxylation sites is 1. The molecule has 5 heteroatoms. The Morgan fingerprint density at radius 1 is 1.47 bits per heavy atom. The molecule has 0 saturated heterocycles. The number of thiocarbonyl (C=S) groups is 1. The van der Waals surface area contributed by atoms with Crippen LogP contribution in [-0.2, 0) is 0 Å². The molecule has 1 aromatic carbocycles. The van der Waals surface area contributed by atoms with Crippen LogP contribution in [0.4, 0.5) is 10.5 Å². The van der Waals surface area contributed by atoms with Crippen LogP contribution in [0.1, 0.15) is 5.56 Å².